The van der Waals surface area contributed by atoms with Crippen molar-refractivity contribution >= 4 is 29.4 Å². The van der Waals surface area contributed by atoms with Crippen molar-refractivity contribution in [2.24, 2.45) is 23.7 Å². The SMILES string of the molecule is Cc1cccc(C)c1NC(=O)COC(=O)[C@@H](Cc1ccccc1)N1C(=O)[C@@H]2[C@H](C1=O)[C@H]1C=C[C@H]2C1. The molecule has 1 heterocycles. The molecule has 1 N–H and O–H groups in total. The van der Waals surface area contributed by atoms with Gasteiger partial charge in [-0.25, -0.2) is 4.79 Å². The van der Waals surface area contributed by atoms with Crippen molar-refractivity contribution in [3.63, 3.8) is 0 Å². The Balaban J connectivity index is 1.33. The summed E-state index contributed by atoms with van der Waals surface area (Å²) >= 11 is 0. The zero-order valence-corrected chi connectivity index (χ0v) is 19.8. The maximum Gasteiger partial charge on any atom is 0.330 e. The van der Waals surface area contributed by atoms with E-state index in [-0.39, 0.29) is 30.1 Å². The third kappa shape index (κ3) is 4.16. The first kappa shape index (κ1) is 23.0. The second kappa shape index (κ2) is 9.13. The molecule has 1 saturated heterocycles. The van der Waals surface area contributed by atoms with Crippen LogP contribution in [0.25, 0.3) is 0 Å². The van der Waals surface area contributed by atoms with Gasteiger partial charge in [-0.2, -0.15) is 0 Å². The predicted molar refractivity (Wildman–Crippen MR) is 129 cm³/mol. The van der Waals surface area contributed by atoms with Gasteiger partial charge in [0.1, 0.15) is 6.04 Å². The molecule has 0 aromatic heterocycles. The highest BCUT2D eigenvalue weighted by Gasteiger charge is 2.61. The first-order valence-electron chi connectivity index (χ1n) is 12.0. The summed E-state index contributed by atoms with van der Waals surface area (Å²) in [6.07, 6.45) is 4.98. The summed E-state index contributed by atoms with van der Waals surface area (Å²) in [7, 11) is 0. The molecule has 1 saturated carbocycles. The van der Waals surface area contributed by atoms with E-state index in [1.54, 1.807) is 0 Å². The Bertz CT molecular complexity index is 1170. The molecule has 0 unspecified atom stereocenters. The average Bonchev–Trinajstić information content (AvgIpc) is 3.53. The highest BCUT2D eigenvalue weighted by molar-refractivity contribution is 6.09. The lowest BCUT2D eigenvalue weighted by Crippen LogP contribution is -2.48. The van der Waals surface area contributed by atoms with Crippen LogP contribution in [0.2, 0.25) is 0 Å². The number of carbonyl (C=O) groups is 4. The van der Waals surface area contributed by atoms with E-state index in [0.717, 1.165) is 28.0 Å². The molecule has 0 radical (unpaired) electrons. The summed E-state index contributed by atoms with van der Waals surface area (Å²) in [6, 6.07) is 13.8. The number of hydrogen-bond donors (Lipinski definition) is 1. The number of anilines is 1. The number of rotatable bonds is 7. The molecule has 35 heavy (non-hydrogen) atoms. The number of para-hydroxylation sites is 1. The molecule has 3 amide bonds. The Morgan fingerprint density at radius 3 is 2.14 bits per heavy atom. The summed E-state index contributed by atoms with van der Waals surface area (Å²) in [5.41, 5.74) is 3.27. The minimum atomic E-state index is -1.12. The summed E-state index contributed by atoms with van der Waals surface area (Å²) < 4.78 is 5.38. The quantitative estimate of drug-likeness (QED) is 0.380. The molecule has 2 aliphatic carbocycles. The Labute approximate surface area is 204 Å². The van der Waals surface area contributed by atoms with Crippen molar-refractivity contribution in [1.29, 1.82) is 0 Å². The first-order chi connectivity index (χ1) is 16.8. The van der Waals surface area contributed by atoms with Crippen molar-refractivity contribution in [1.82, 2.24) is 4.90 Å². The lowest BCUT2D eigenvalue weighted by molar-refractivity contribution is -0.160. The van der Waals surface area contributed by atoms with Crippen LogP contribution in [-0.2, 0) is 30.3 Å². The van der Waals surface area contributed by atoms with E-state index >= 15 is 0 Å². The minimum Gasteiger partial charge on any atom is -0.454 e. The van der Waals surface area contributed by atoms with Crippen molar-refractivity contribution in [2.45, 2.75) is 32.7 Å². The summed E-state index contributed by atoms with van der Waals surface area (Å²) in [6.45, 7) is 3.26. The van der Waals surface area contributed by atoms with Crippen molar-refractivity contribution < 1.29 is 23.9 Å². The van der Waals surface area contributed by atoms with Gasteiger partial charge in [0, 0.05) is 12.1 Å². The number of allylic oxidation sites excluding steroid dienone is 2. The molecule has 7 heteroatoms. The average molecular weight is 473 g/mol. The van der Waals surface area contributed by atoms with Gasteiger partial charge in [0.2, 0.25) is 11.8 Å². The van der Waals surface area contributed by atoms with Crippen molar-refractivity contribution in [3.05, 3.63) is 77.4 Å². The number of likely N-dealkylation sites (tertiary alicyclic amines) is 1. The van der Waals surface area contributed by atoms with Gasteiger partial charge in [-0.15, -0.1) is 0 Å². The molecular formula is C28H28N2O5. The largest absolute Gasteiger partial charge is 0.454 e. The van der Waals surface area contributed by atoms with E-state index < -0.39 is 36.4 Å². The summed E-state index contributed by atoms with van der Waals surface area (Å²) in [5, 5.41) is 2.79. The summed E-state index contributed by atoms with van der Waals surface area (Å²) in [5.74, 6) is -2.58. The molecule has 5 rings (SSSR count). The van der Waals surface area contributed by atoms with Crippen LogP contribution < -0.4 is 5.32 Å². The smallest absolute Gasteiger partial charge is 0.330 e. The second-order valence-electron chi connectivity index (χ2n) is 9.67. The lowest BCUT2D eigenvalue weighted by Gasteiger charge is -2.26. The minimum absolute atomic E-state index is 0.0444. The van der Waals surface area contributed by atoms with Crippen LogP contribution in [0.4, 0.5) is 5.69 Å². The van der Waals surface area contributed by atoms with Crippen LogP contribution in [0.5, 0.6) is 0 Å². The lowest BCUT2D eigenvalue weighted by atomic mass is 9.85. The van der Waals surface area contributed by atoms with Crippen LogP contribution in [0.3, 0.4) is 0 Å². The monoisotopic (exact) mass is 472 g/mol. The van der Waals surface area contributed by atoms with E-state index in [1.165, 1.54) is 0 Å². The molecule has 3 aliphatic rings. The van der Waals surface area contributed by atoms with E-state index in [0.29, 0.717) is 5.69 Å². The van der Waals surface area contributed by atoms with Gasteiger partial charge in [0.25, 0.3) is 5.91 Å². The number of nitrogens with zero attached hydrogens (tertiary/aromatic N) is 1. The molecule has 2 aromatic carbocycles. The fourth-order valence-electron chi connectivity index (χ4n) is 5.77. The third-order valence-corrected chi connectivity index (χ3v) is 7.45. The van der Waals surface area contributed by atoms with Gasteiger partial charge in [-0.05, 0) is 48.8 Å². The van der Waals surface area contributed by atoms with Crippen molar-refractivity contribution in [2.75, 3.05) is 11.9 Å². The number of benzene rings is 2. The van der Waals surface area contributed by atoms with Gasteiger partial charge >= 0.3 is 5.97 Å². The number of ether oxygens (including phenoxy) is 1. The van der Waals surface area contributed by atoms with E-state index in [9.17, 15) is 19.2 Å². The number of fused-ring (bicyclic) bond motifs is 5. The maximum atomic E-state index is 13.4. The second-order valence-corrected chi connectivity index (χ2v) is 9.67. The molecule has 0 spiro atoms. The molecule has 180 valence electrons. The topological polar surface area (TPSA) is 92.8 Å². The fraction of sp³-hybridized carbons (Fsp3) is 0.357. The van der Waals surface area contributed by atoms with Gasteiger partial charge in [0.05, 0.1) is 11.8 Å². The number of carbonyl (C=O) groups excluding carboxylic acids is 4. The van der Waals surface area contributed by atoms with Gasteiger partial charge in [-0.3, -0.25) is 19.3 Å². The Hall–Kier alpha value is -3.74. The number of amides is 3. The zero-order chi connectivity index (χ0) is 24.7. The number of nitrogens with one attached hydrogen (secondary N) is 1. The Kier molecular flexibility index (Phi) is 6.01. The molecule has 2 bridgehead atoms. The number of aryl methyl sites for hydroxylation is 2. The molecule has 5 atom stereocenters. The molecule has 2 fully saturated rings. The van der Waals surface area contributed by atoms with Gasteiger partial charge in [-0.1, -0.05) is 60.7 Å². The van der Waals surface area contributed by atoms with Gasteiger partial charge < -0.3 is 10.1 Å². The van der Waals surface area contributed by atoms with E-state index in [4.69, 9.17) is 4.74 Å². The molecule has 7 nitrogen and oxygen atoms in total. The van der Waals surface area contributed by atoms with Crippen LogP contribution in [-0.4, -0.2) is 41.2 Å². The first-order valence-corrected chi connectivity index (χ1v) is 12.0. The highest BCUT2D eigenvalue weighted by Crippen LogP contribution is 2.53. The van der Waals surface area contributed by atoms with Crippen LogP contribution >= 0.6 is 0 Å². The number of imide groups is 1. The molecular weight excluding hydrogens is 444 g/mol. The molecule has 2 aromatic rings. The molecule has 1 aliphatic heterocycles. The zero-order valence-electron chi connectivity index (χ0n) is 19.8. The Morgan fingerprint density at radius 2 is 1.54 bits per heavy atom. The van der Waals surface area contributed by atoms with E-state index in [2.05, 4.69) is 5.32 Å². The van der Waals surface area contributed by atoms with Gasteiger partial charge in [0.15, 0.2) is 6.61 Å². The normalized spacial score (nSPS) is 25.0. The maximum absolute atomic E-state index is 13.4. The number of hydrogen-bond acceptors (Lipinski definition) is 5. The predicted octanol–water partition coefficient (Wildman–Crippen LogP) is 3.20. The summed E-state index contributed by atoms with van der Waals surface area (Å²) in [4.78, 5) is 53.6. The standard InChI is InChI=1S/C28H28N2O5/c1-16-7-6-8-17(2)25(16)29-22(31)15-35-28(34)21(13-18-9-4-3-5-10-18)30-26(32)23-19-11-12-20(14-19)24(23)27(30)33/h3-12,19-21,23-24H,13-15H2,1-2H3,(H,29,31)/t19-,20-,21+,23-,24+/m0/s1. The van der Waals surface area contributed by atoms with Crippen LogP contribution in [0.1, 0.15) is 23.1 Å². The number of esters is 1. The van der Waals surface area contributed by atoms with E-state index in [1.807, 2.05) is 74.5 Å². The third-order valence-electron chi connectivity index (χ3n) is 7.45. The highest BCUT2D eigenvalue weighted by atomic mass is 16.5. The van der Waals surface area contributed by atoms with Crippen LogP contribution in [0, 0.1) is 37.5 Å². The van der Waals surface area contributed by atoms with Crippen LogP contribution in [0.15, 0.2) is 60.7 Å². The fourth-order valence-corrected chi connectivity index (χ4v) is 5.77. The van der Waals surface area contributed by atoms with Crippen molar-refractivity contribution in [3.8, 4) is 0 Å². The Morgan fingerprint density at radius 1 is 0.943 bits per heavy atom.